The SMILES string of the molecule is CCN1CCc2c(c(CN(CC3CC3)S(=O)(=O)c3ccccc3C#N)nn2-c2ccccc2)C1. The monoisotopic (exact) mass is 475 g/mol. The Morgan fingerprint density at radius 1 is 1.12 bits per heavy atom. The maximum atomic E-state index is 13.8. The predicted octanol–water partition coefficient (Wildman–Crippen LogP) is 3.72. The Morgan fingerprint density at radius 3 is 2.56 bits per heavy atom. The van der Waals surface area contributed by atoms with E-state index in [-0.39, 0.29) is 17.0 Å². The number of aromatic nitrogens is 2. The van der Waals surface area contributed by atoms with Crippen LogP contribution < -0.4 is 0 Å². The first-order valence-electron chi connectivity index (χ1n) is 11.9. The number of hydrogen-bond acceptors (Lipinski definition) is 5. The van der Waals surface area contributed by atoms with Crippen molar-refractivity contribution in [2.45, 2.75) is 44.2 Å². The molecular weight excluding hydrogens is 446 g/mol. The minimum atomic E-state index is -3.85. The van der Waals surface area contributed by atoms with Crippen LogP contribution in [-0.2, 0) is 29.5 Å². The molecular formula is C26H29N5O2S. The summed E-state index contributed by atoms with van der Waals surface area (Å²) in [6, 6.07) is 18.5. The first-order valence-corrected chi connectivity index (χ1v) is 13.3. The Hall–Kier alpha value is -2.99. The van der Waals surface area contributed by atoms with E-state index in [0.29, 0.717) is 12.5 Å². The third kappa shape index (κ3) is 4.39. The number of nitrogens with zero attached hydrogens (tertiary/aromatic N) is 5. The fraction of sp³-hybridized carbons (Fsp3) is 0.385. The second-order valence-corrected chi connectivity index (χ2v) is 11.0. The summed E-state index contributed by atoms with van der Waals surface area (Å²) in [6.07, 6.45) is 2.94. The number of hydrogen-bond donors (Lipinski definition) is 0. The number of likely N-dealkylation sites (N-methyl/N-ethyl adjacent to an activating group) is 1. The van der Waals surface area contributed by atoms with Crippen molar-refractivity contribution >= 4 is 10.0 Å². The van der Waals surface area contributed by atoms with E-state index in [1.54, 1.807) is 22.5 Å². The molecule has 1 aliphatic heterocycles. The fourth-order valence-corrected chi connectivity index (χ4v) is 6.27. The molecule has 0 atom stereocenters. The van der Waals surface area contributed by atoms with Crippen LogP contribution in [0.4, 0.5) is 0 Å². The lowest BCUT2D eigenvalue weighted by Crippen LogP contribution is -2.34. The van der Waals surface area contributed by atoms with Gasteiger partial charge in [-0.05, 0) is 49.6 Å². The van der Waals surface area contributed by atoms with Crippen LogP contribution in [0.5, 0.6) is 0 Å². The predicted molar refractivity (Wildman–Crippen MR) is 130 cm³/mol. The van der Waals surface area contributed by atoms with Crippen LogP contribution in [0, 0.1) is 17.2 Å². The third-order valence-corrected chi connectivity index (χ3v) is 8.65. The topological polar surface area (TPSA) is 82.2 Å². The average molecular weight is 476 g/mol. The van der Waals surface area contributed by atoms with E-state index >= 15 is 0 Å². The van der Waals surface area contributed by atoms with Crippen molar-refractivity contribution in [3.05, 3.63) is 77.1 Å². The zero-order valence-electron chi connectivity index (χ0n) is 19.4. The molecule has 176 valence electrons. The van der Waals surface area contributed by atoms with Gasteiger partial charge in [-0.2, -0.15) is 14.7 Å². The van der Waals surface area contributed by atoms with Crippen LogP contribution >= 0.6 is 0 Å². The maximum Gasteiger partial charge on any atom is 0.244 e. The molecule has 0 amide bonds. The number of fused-ring (bicyclic) bond motifs is 1. The molecule has 34 heavy (non-hydrogen) atoms. The summed E-state index contributed by atoms with van der Waals surface area (Å²) in [5.74, 6) is 0.364. The summed E-state index contributed by atoms with van der Waals surface area (Å²) in [5.41, 5.74) is 4.25. The summed E-state index contributed by atoms with van der Waals surface area (Å²) < 4.78 is 31.1. The van der Waals surface area contributed by atoms with Crippen molar-refractivity contribution in [1.82, 2.24) is 19.0 Å². The Balaban J connectivity index is 1.57. The molecule has 1 aliphatic carbocycles. The molecule has 2 aromatic carbocycles. The molecule has 2 aliphatic rings. The van der Waals surface area contributed by atoms with E-state index in [1.807, 2.05) is 41.1 Å². The van der Waals surface area contributed by atoms with Crippen LogP contribution in [-0.4, -0.2) is 47.0 Å². The van der Waals surface area contributed by atoms with Crippen molar-refractivity contribution in [3.8, 4) is 11.8 Å². The van der Waals surface area contributed by atoms with Gasteiger partial charge in [0.15, 0.2) is 0 Å². The molecule has 0 saturated heterocycles. The summed E-state index contributed by atoms with van der Waals surface area (Å²) in [7, 11) is -3.85. The first-order chi connectivity index (χ1) is 16.5. The molecule has 3 aromatic rings. The highest BCUT2D eigenvalue weighted by molar-refractivity contribution is 7.89. The van der Waals surface area contributed by atoms with Gasteiger partial charge in [-0.25, -0.2) is 13.1 Å². The van der Waals surface area contributed by atoms with Crippen LogP contribution in [0.15, 0.2) is 59.5 Å². The molecule has 1 aromatic heterocycles. The number of nitriles is 1. The van der Waals surface area contributed by atoms with Crippen LogP contribution in [0.2, 0.25) is 0 Å². The van der Waals surface area contributed by atoms with Crippen molar-refractivity contribution in [1.29, 1.82) is 5.26 Å². The lowest BCUT2D eigenvalue weighted by molar-refractivity contribution is 0.264. The second kappa shape index (κ2) is 9.34. The molecule has 5 rings (SSSR count). The van der Waals surface area contributed by atoms with E-state index < -0.39 is 10.0 Å². The Labute approximate surface area is 201 Å². The van der Waals surface area contributed by atoms with Gasteiger partial charge in [-0.3, -0.25) is 4.90 Å². The molecule has 0 radical (unpaired) electrons. The van der Waals surface area contributed by atoms with Gasteiger partial charge >= 0.3 is 0 Å². The highest BCUT2D eigenvalue weighted by atomic mass is 32.2. The average Bonchev–Trinajstić information content (AvgIpc) is 3.63. The Bertz CT molecular complexity index is 1320. The number of para-hydroxylation sites is 1. The molecule has 8 heteroatoms. The van der Waals surface area contributed by atoms with Crippen molar-refractivity contribution in [3.63, 3.8) is 0 Å². The lowest BCUT2D eigenvalue weighted by atomic mass is 10.0. The van der Waals surface area contributed by atoms with Gasteiger partial charge in [-0.1, -0.05) is 37.3 Å². The molecule has 1 saturated carbocycles. The third-order valence-electron chi connectivity index (χ3n) is 6.78. The maximum absolute atomic E-state index is 13.8. The molecule has 0 N–H and O–H groups in total. The quantitative estimate of drug-likeness (QED) is 0.496. The number of sulfonamides is 1. The first kappa shape index (κ1) is 22.8. The van der Waals surface area contributed by atoms with Gasteiger partial charge in [-0.15, -0.1) is 0 Å². The minimum absolute atomic E-state index is 0.0738. The van der Waals surface area contributed by atoms with E-state index in [4.69, 9.17) is 5.10 Å². The summed E-state index contributed by atoms with van der Waals surface area (Å²) in [6.45, 7) is 5.47. The zero-order chi connectivity index (χ0) is 23.7. The largest absolute Gasteiger partial charge is 0.299 e. The van der Waals surface area contributed by atoms with Gasteiger partial charge in [0.2, 0.25) is 10.0 Å². The van der Waals surface area contributed by atoms with Gasteiger partial charge in [0.25, 0.3) is 0 Å². The Kier molecular flexibility index (Phi) is 6.26. The standard InChI is InChI=1S/C26H29N5O2S/c1-2-29-15-14-25-23(18-29)24(28-31(25)22-9-4-3-5-10-22)19-30(17-20-12-13-20)34(32,33)26-11-7-6-8-21(26)16-27/h3-11,20H,2,12-15,17-19H2,1H3. The van der Waals surface area contributed by atoms with E-state index in [0.717, 1.165) is 61.5 Å². The van der Waals surface area contributed by atoms with E-state index in [1.165, 1.54) is 6.07 Å². The van der Waals surface area contributed by atoms with Gasteiger partial charge in [0.1, 0.15) is 6.07 Å². The second-order valence-electron chi connectivity index (χ2n) is 9.09. The number of rotatable bonds is 8. The Morgan fingerprint density at radius 2 is 1.85 bits per heavy atom. The summed E-state index contributed by atoms with van der Waals surface area (Å²) in [4.78, 5) is 2.44. The lowest BCUT2D eigenvalue weighted by Gasteiger charge is -2.27. The van der Waals surface area contributed by atoms with E-state index in [2.05, 4.69) is 11.8 Å². The smallest absolute Gasteiger partial charge is 0.244 e. The normalized spacial score (nSPS) is 16.4. The van der Waals surface area contributed by atoms with Crippen LogP contribution in [0.1, 0.15) is 42.3 Å². The zero-order valence-corrected chi connectivity index (χ0v) is 20.2. The highest BCUT2D eigenvalue weighted by Crippen LogP contribution is 2.34. The highest BCUT2D eigenvalue weighted by Gasteiger charge is 2.35. The van der Waals surface area contributed by atoms with Gasteiger partial charge in [0.05, 0.1) is 34.1 Å². The summed E-state index contributed by atoms with van der Waals surface area (Å²) in [5, 5.41) is 14.5. The van der Waals surface area contributed by atoms with E-state index in [9.17, 15) is 13.7 Å². The van der Waals surface area contributed by atoms with Crippen LogP contribution in [0.25, 0.3) is 5.69 Å². The van der Waals surface area contributed by atoms with Gasteiger partial charge < -0.3 is 0 Å². The van der Waals surface area contributed by atoms with Crippen molar-refractivity contribution < 1.29 is 8.42 Å². The number of benzene rings is 2. The minimum Gasteiger partial charge on any atom is -0.299 e. The molecule has 1 fully saturated rings. The molecule has 2 heterocycles. The van der Waals surface area contributed by atoms with Gasteiger partial charge in [0, 0.05) is 31.6 Å². The van der Waals surface area contributed by atoms with Crippen LogP contribution in [0.3, 0.4) is 0 Å². The van der Waals surface area contributed by atoms with Crippen molar-refractivity contribution in [2.75, 3.05) is 19.6 Å². The summed E-state index contributed by atoms with van der Waals surface area (Å²) >= 11 is 0. The van der Waals surface area contributed by atoms with Crippen molar-refractivity contribution in [2.24, 2.45) is 5.92 Å². The molecule has 0 bridgehead atoms. The molecule has 0 spiro atoms. The fourth-order valence-electron chi connectivity index (χ4n) is 4.65. The molecule has 0 unspecified atom stereocenters. The molecule has 7 nitrogen and oxygen atoms in total.